The monoisotopic (exact) mass is 129 g/mol. The van der Waals surface area contributed by atoms with Crippen LogP contribution < -0.4 is 0 Å². The Morgan fingerprint density at radius 1 is 1.60 bits per heavy atom. The molecule has 0 radical (unpaired) electrons. The SMILES string of the molecule is O=C(C1=C=CC=C1)c1c[cH+]1. The molecule has 2 rings (SSSR count). The van der Waals surface area contributed by atoms with Gasteiger partial charge in [-0.05, 0) is 12.2 Å². The second kappa shape index (κ2) is 1.76. The summed E-state index contributed by atoms with van der Waals surface area (Å²) < 4.78 is 0. The van der Waals surface area contributed by atoms with Crippen molar-refractivity contribution in [3.63, 3.8) is 0 Å². The van der Waals surface area contributed by atoms with Gasteiger partial charge in [-0.2, -0.15) is 0 Å². The van der Waals surface area contributed by atoms with Crippen LogP contribution in [0, 0.1) is 0 Å². The summed E-state index contributed by atoms with van der Waals surface area (Å²) in [6, 6.07) is 3.62. The second-order valence-corrected chi connectivity index (χ2v) is 2.20. The summed E-state index contributed by atoms with van der Waals surface area (Å²) in [4.78, 5) is 11.1. The van der Waals surface area contributed by atoms with Crippen LogP contribution in [0.5, 0.6) is 0 Å². The van der Waals surface area contributed by atoms with Crippen LogP contribution in [-0.2, 0) is 0 Å². The van der Waals surface area contributed by atoms with E-state index in [0.717, 1.165) is 5.56 Å². The zero-order valence-corrected chi connectivity index (χ0v) is 5.29. The van der Waals surface area contributed by atoms with Crippen molar-refractivity contribution < 1.29 is 4.79 Å². The largest absolute Gasteiger partial charge is 0.323 e. The minimum atomic E-state index is 0.0880. The molecule has 1 aromatic carbocycles. The van der Waals surface area contributed by atoms with Crippen LogP contribution in [0.15, 0.2) is 41.7 Å². The number of Topliss-reactive ketones (excluding diaryl/α,β-unsaturated/α-hetero) is 1. The van der Waals surface area contributed by atoms with Crippen LogP contribution >= 0.6 is 0 Å². The first kappa shape index (κ1) is 5.33. The summed E-state index contributed by atoms with van der Waals surface area (Å²) in [6.45, 7) is 0. The lowest BCUT2D eigenvalue weighted by Crippen LogP contribution is -1.92. The molecule has 10 heavy (non-hydrogen) atoms. The molecule has 0 fully saturated rings. The van der Waals surface area contributed by atoms with Crippen molar-refractivity contribution in [3.8, 4) is 0 Å². The third-order valence-electron chi connectivity index (χ3n) is 1.44. The third kappa shape index (κ3) is 0.734. The number of ketones is 1. The van der Waals surface area contributed by atoms with Gasteiger partial charge < -0.3 is 0 Å². The van der Waals surface area contributed by atoms with Crippen LogP contribution in [0.1, 0.15) is 10.4 Å². The fourth-order valence-electron chi connectivity index (χ4n) is 0.820. The van der Waals surface area contributed by atoms with E-state index in [1.807, 2.05) is 18.2 Å². The minimum Gasteiger partial charge on any atom is -0.216 e. The molecule has 1 nitrogen and oxygen atoms in total. The Hall–Kier alpha value is -1.46. The highest BCUT2D eigenvalue weighted by Gasteiger charge is 2.26. The van der Waals surface area contributed by atoms with Gasteiger partial charge >= 0.3 is 5.78 Å². The maximum atomic E-state index is 11.1. The van der Waals surface area contributed by atoms with Gasteiger partial charge in [0.1, 0.15) is 17.7 Å². The van der Waals surface area contributed by atoms with E-state index in [0.29, 0.717) is 5.57 Å². The molecule has 46 valence electrons. The summed E-state index contributed by atoms with van der Waals surface area (Å²) in [7, 11) is 0. The topological polar surface area (TPSA) is 17.1 Å². The predicted molar refractivity (Wildman–Crippen MR) is 38.3 cm³/mol. The van der Waals surface area contributed by atoms with Crippen LogP contribution in [0.2, 0.25) is 0 Å². The molecule has 0 saturated carbocycles. The Morgan fingerprint density at radius 3 is 2.90 bits per heavy atom. The summed E-state index contributed by atoms with van der Waals surface area (Å²) in [5.41, 5.74) is 4.32. The summed E-state index contributed by atoms with van der Waals surface area (Å²) >= 11 is 0. The molecule has 0 amide bonds. The van der Waals surface area contributed by atoms with E-state index in [4.69, 9.17) is 0 Å². The highest BCUT2D eigenvalue weighted by atomic mass is 16.1. The van der Waals surface area contributed by atoms with Crippen LogP contribution in [0.25, 0.3) is 0 Å². The maximum Gasteiger partial charge on any atom is 0.323 e. The number of carbonyl (C=O) groups excluding carboxylic acids is 1. The first-order valence-electron chi connectivity index (χ1n) is 3.11. The quantitative estimate of drug-likeness (QED) is 0.337. The number of allylic oxidation sites excluding steroid dienone is 3. The molecule has 0 heterocycles. The molecule has 1 aromatic rings. The van der Waals surface area contributed by atoms with Crippen molar-refractivity contribution in [1.29, 1.82) is 0 Å². The van der Waals surface area contributed by atoms with Crippen molar-refractivity contribution in [3.05, 3.63) is 47.2 Å². The molecular formula is C9H5O+. The van der Waals surface area contributed by atoms with Crippen molar-refractivity contribution in [1.82, 2.24) is 0 Å². The Morgan fingerprint density at radius 2 is 2.40 bits per heavy atom. The molecule has 0 unspecified atom stereocenters. The Kier molecular flexibility index (Phi) is 0.938. The molecule has 0 bridgehead atoms. The molecule has 0 saturated heterocycles. The van der Waals surface area contributed by atoms with Crippen molar-refractivity contribution in [2.75, 3.05) is 0 Å². The van der Waals surface area contributed by atoms with Gasteiger partial charge in [0.25, 0.3) is 0 Å². The van der Waals surface area contributed by atoms with Gasteiger partial charge in [-0.3, -0.25) is 0 Å². The minimum absolute atomic E-state index is 0.0880. The predicted octanol–water partition coefficient (Wildman–Crippen LogP) is 1.68. The van der Waals surface area contributed by atoms with E-state index in [-0.39, 0.29) is 5.78 Å². The Bertz CT molecular complexity index is 324. The van der Waals surface area contributed by atoms with Crippen LogP contribution in [0.4, 0.5) is 0 Å². The fraction of sp³-hybridized carbons (Fsp3) is 0. The molecule has 0 N–H and O–H groups in total. The van der Waals surface area contributed by atoms with E-state index in [1.165, 1.54) is 0 Å². The van der Waals surface area contributed by atoms with Gasteiger partial charge in [-0.1, -0.05) is 11.8 Å². The van der Waals surface area contributed by atoms with E-state index in [2.05, 4.69) is 5.73 Å². The molecular weight excluding hydrogens is 124 g/mol. The molecule has 1 aliphatic carbocycles. The molecule has 1 heteroatoms. The summed E-state index contributed by atoms with van der Waals surface area (Å²) in [5.74, 6) is 0.0880. The van der Waals surface area contributed by atoms with Gasteiger partial charge in [0.05, 0.1) is 0 Å². The molecule has 0 aromatic heterocycles. The Balaban J connectivity index is 2.30. The number of hydrogen-bond acceptors (Lipinski definition) is 1. The van der Waals surface area contributed by atoms with Gasteiger partial charge in [-0.25, -0.2) is 4.79 Å². The molecule has 1 aliphatic rings. The summed E-state index contributed by atoms with van der Waals surface area (Å²) in [5, 5.41) is 0. The first-order valence-corrected chi connectivity index (χ1v) is 3.11. The molecule has 0 spiro atoms. The van der Waals surface area contributed by atoms with Crippen LogP contribution in [0.3, 0.4) is 0 Å². The van der Waals surface area contributed by atoms with Crippen molar-refractivity contribution in [2.24, 2.45) is 0 Å². The standard InChI is InChI=1S/C9H5O/c10-9(8-5-6-8)7-3-1-2-4-7/h1-3,5-6H/q+1. The smallest absolute Gasteiger partial charge is 0.216 e. The first-order chi connectivity index (χ1) is 4.88. The maximum absolute atomic E-state index is 11.1. The molecule has 0 atom stereocenters. The lowest BCUT2D eigenvalue weighted by Gasteiger charge is -1.77. The molecule has 0 aliphatic heterocycles. The lowest BCUT2D eigenvalue weighted by atomic mass is 10.2. The Labute approximate surface area is 58.7 Å². The van der Waals surface area contributed by atoms with Crippen molar-refractivity contribution >= 4 is 5.78 Å². The highest BCUT2D eigenvalue weighted by molar-refractivity contribution is 6.12. The number of carbonyl (C=O) groups is 1. The van der Waals surface area contributed by atoms with Gasteiger partial charge in [0.2, 0.25) is 5.56 Å². The van der Waals surface area contributed by atoms with Crippen molar-refractivity contribution in [2.45, 2.75) is 0 Å². The average molecular weight is 129 g/mol. The normalized spacial score (nSPS) is 14.6. The van der Waals surface area contributed by atoms with E-state index in [9.17, 15) is 4.79 Å². The number of rotatable bonds is 2. The number of hydrogen-bond donors (Lipinski definition) is 0. The van der Waals surface area contributed by atoms with Gasteiger partial charge in [0.15, 0.2) is 0 Å². The zero-order valence-electron chi connectivity index (χ0n) is 5.29. The van der Waals surface area contributed by atoms with E-state index < -0.39 is 0 Å². The third-order valence-corrected chi connectivity index (χ3v) is 1.44. The van der Waals surface area contributed by atoms with Gasteiger partial charge in [-0.15, -0.1) is 0 Å². The lowest BCUT2D eigenvalue weighted by molar-refractivity contribution is 0.104. The highest BCUT2D eigenvalue weighted by Crippen LogP contribution is 2.15. The second-order valence-electron chi connectivity index (χ2n) is 2.20. The fourth-order valence-corrected chi connectivity index (χ4v) is 0.820. The van der Waals surface area contributed by atoms with E-state index >= 15 is 0 Å². The average Bonchev–Trinajstić information content (AvgIpc) is 2.65. The zero-order chi connectivity index (χ0) is 6.97. The summed E-state index contributed by atoms with van der Waals surface area (Å²) in [6.07, 6.45) is 5.34. The van der Waals surface area contributed by atoms with E-state index in [1.54, 1.807) is 12.2 Å². The van der Waals surface area contributed by atoms with Gasteiger partial charge in [0, 0.05) is 0 Å². The van der Waals surface area contributed by atoms with Crippen LogP contribution in [-0.4, -0.2) is 5.78 Å².